The number of morpholine rings is 1. The first kappa shape index (κ1) is 19.7. The smallest absolute Gasteiger partial charge is 0.175 e. The first-order valence-electron chi connectivity index (χ1n) is 9.96. The molecule has 0 amide bonds. The maximum absolute atomic E-state index is 12.1. The lowest BCUT2D eigenvalue weighted by atomic mass is 10.2. The number of nitrogens with zero attached hydrogens (tertiary/aromatic N) is 5. The molecule has 1 aliphatic heterocycles. The van der Waals surface area contributed by atoms with Crippen LogP contribution in [0, 0.1) is 0 Å². The van der Waals surface area contributed by atoms with Gasteiger partial charge in [0.2, 0.25) is 0 Å². The highest BCUT2D eigenvalue weighted by molar-refractivity contribution is 7.90. The number of anilines is 1. The van der Waals surface area contributed by atoms with Gasteiger partial charge < -0.3 is 9.64 Å². The predicted octanol–water partition coefficient (Wildman–Crippen LogP) is 2.44. The van der Waals surface area contributed by atoms with Crippen molar-refractivity contribution in [3.63, 3.8) is 0 Å². The quantitative estimate of drug-likeness (QED) is 0.522. The molecule has 10 heteroatoms. The molecular weight excluding hydrogens is 416 g/mol. The summed E-state index contributed by atoms with van der Waals surface area (Å²) in [5.74, 6) is 0.855. The monoisotopic (exact) mass is 438 g/mol. The molecular formula is C21H22N6O3S. The number of benzene rings is 1. The zero-order chi connectivity index (χ0) is 21.6. The molecule has 1 fully saturated rings. The summed E-state index contributed by atoms with van der Waals surface area (Å²) >= 11 is 0. The van der Waals surface area contributed by atoms with Crippen molar-refractivity contribution < 1.29 is 13.2 Å². The number of aromatic nitrogens is 5. The van der Waals surface area contributed by atoms with E-state index in [1.54, 1.807) is 29.1 Å². The molecule has 1 aromatic carbocycles. The Morgan fingerprint density at radius 3 is 2.81 bits per heavy atom. The maximum Gasteiger partial charge on any atom is 0.175 e. The maximum atomic E-state index is 12.1. The molecule has 1 N–H and O–H groups in total. The summed E-state index contributed by atoms with van der Waals surface area (Å²) in [4.78, 5) is 7.41. The van der Waals surface area contributed by atoms with Gasteiger partial charge in [-0.2, -0.15) is 10.2 Å². The third-order valence-corrected chi connectivity index (χ3v) is 6.53. The van der Waals surface area contributed by atoms with Gasteiger partial charge in [0, 0.05) is 19.0 Å². The topological polar surface area (TPSA) is 106 Å². The van der Waals surface area contributed by atoms with Crippen molar-refractivity contribution in [2.45, 2.75) is 17.9 Å². The van der Waals surface area contributed by atoms with E-state index in [0.29, 0.717) is 30.1 Å². The summed E-state index contributed by atoms with van der Waals surface area (Å²) in [7, 11) is -3.34. The molecule has 0 spiro atoms. The Morgan fingerprint density at radius 2 is 2.06 bits per heavy atom. The molecule has 1 unspecified atom stereocenters. The summed E-state index contributed by atoms with van der Waals surface area (Å²) in [5, 5.41) is 11.8. The number of pyridine rings is 1. The Balaban J connectivity index is 1.70. The minimum absolute atomic E-state index is 0.218. The Morgan fingerprint density at radius 1 is 1.19 bits per heavy atom. The number of ether oxygens (including phenoxy) is 1. The summed E-state index contributed by atoms with van der Waals surface area (Å²) in [6, 6.07) is 12.7. The van der Waals surface area contributed by atoms with E-state index in [-0.39, 0.29) is 10.9 Å². The van der Waals surface area contributed by atoms with Crippen LogP contribution in [-0.2, 0) is 14.6 Å². The highest BCUT2D eigenvalue weighted by Crippen LogP contribution is 2.30. The van der Waals surface area contributed by atoms with E-state index in [0.717, 1.165) is 23.6 Å². The molecule has 1 saturated heterocycles. The fourth-order valence-electron chi connectivity index (χ4n) is 3.83. The van der Waals surface area contributed by atoms with Crippen LogP contribution in [-0.4, -0.2) is 65.4 Å². The van der Waals surface area contributed by atoms with Crippen LogP contribution in [0.5, 0.6) is 0 Å². The predicted molar refractivity (Wildman–Crippen MR) is 117 cm³/mol. The van der Waals surface area contributed by atoms with Crippen LogP contribution in [0.4, 0.5) is 5.82 Å². The number of hydrogen-bond donors (Lipinski definition) is 1. The zero-order valence-electron chi connectivity index (χ0n) is 17.2. The molecule has 0 bridgehead atoms. The van der Waals surface area contributed by atoms with Gasteiger partial charge in [0.25, 0.3) is 0 Å². The van der Waals surface area contributed by atoms with E-state index in [1.807, 2.05) is 24.3 Å². The van der Waals surface area contributed by atoms with Gasteiger partial charge in [-0.25, -0.2) is 18.1 Å². The van der Waals surface area contributed by atoms with Crippen molar-refractivity contribution in [2.75, 3.05) is 30.9 Å². The molecule has 31 heavy (non-hydrogen) atoms. The number of hydrogen-bond acceptors (Lipinski definition) is 7. The number of sulfone groups is 1. The third-order valence-electron chi connectivity index (χ3n) is 5.42. The van der Waals surface area contributed by atoms with Gasteiger partial charge in [0.1, 0.15) is 17.0 Å². The van der Waals surface area contributed by atoms with Gasteiger partial charge in [0.05, 0.1) is 41.0 Å². The average molecular weight is 439 g/mol. The van der Waals surface area contributed by atoms with Crippen molar-refractivity contribution in [3.05, 3.63) is 48.7 Å². The highest BCUT2D eigenvalue weighted by atomic mass is 32.2. The van der Waals surface area contributed by atoms with E-state index in [2.05, 4.69) is 22.0 Å². The van der Waals surface area contributed by atoms with E-state index in [1.165, 1.54) is 6.26 Å². The van der Waals surface area contributed by atoms with Gasteiger partial charge in [-0.05, 0) is 43.3 Å². The highest BCUT2D eigenvalue weighted by Gasteiger charge is 2.23. The van der Waals surface area contributed by atoms with Crippen molar-refractivity contribution in [1.82, 2.24) is 25.0 Å². The molecule has 1 aliphatic rings. The van der Waals surface area contributed by atoms with E-state index < -0.39 is 9.84 Å². The molecule has 5 rings (SSSR count). The second kappa shape index (κ2) is 7.47. The molecule has 0 aliphatic carbocycles. The standard InChI is InChI=1S/C21H22N6O3S/c1-14-13-30-11-10-26(14)19-7-6-18-21(23-19)20(17-8-9-22-24-17)25-27(18)15-4-3-5-16(12-15)31(2,28)29/h3-9,12,14H,10-11,13H2,1-2H3,(H,22,24). The Bertz CT molecular complexity index is 1350. The number of nitrogens with one attached hydrogen (secondary N) is 1. The summed E-state index contributed by atoms with van der Waals surface area (Å²) < 4.78 is 31.4. The molecule has 3 aromatic heterocycles. The van der Waals surface area contributed by atoms with Gasteiger partial charge in [-0.3, -0.25) is 5.10 Å². The molecule has 0 saturated carbocycles. The van der Waals surface area contributed by atoms with Crippen LogP contribution in [0.25, 0.3) is 28.1 Å². The molecule has 4 heterocycles. The zero-order valence-corrected chi connectivity index (χ0v) is 18.0. The number of H-pyrrole nitrogens is 1. The fourth-order valence-corrected chi connectivity index (χ4v) is 4.49. The van der Waals surface area contributed by atoms with Crippen molar-refractivity contribution in [2.24, 2.45) is 0 Å². The second-order valence-corrected chi connectivity index (χ2v) is 9.67. The molecule has 4 aromatic rings. The fraction of sp³-hybridized carbons (Fsp3) is 0.286. The molecule has 160 valence electrons. The van der Waals surface area contributed by atoms with Crippen LogP contribution in [0.2, 0.25) is 0 Å². The molecule has 0 radical (unpaired) electrons. The summed E-state index contributed by atoms with van der Waals surface area (Å²) in [6.45, 7) is 4.20. The van der Waals surface area contributed by atoms with Gasteiger partial charge in [-0.1, -0.05) is 6.07 Å². The SMILES string of the molecule is CC1COCCN1c1ccc2c(n1)c(-c1ccn[nH]1)nn2-c1cccc(S(C)(=O)=O)c1. The summed E-state index contributed by atoms with van der Waals surface area (Å²) in [5.41, 5.74) is 3.53. The van der Waals surface area contributed by atoms with Crippen LogP contribution >= 0.6 is 0 Å². The van der Waals surface area contributed by atoms with Gasteiger partial charge >= 0.3 is 0 Å². The Hall–Kier alpha value is -3.24. The minimum atomic E-state index is -3.34. The van der Waals surface area contributed by atoms with Crippen LogP contribution < -0.4 is 4.90 Å². The third kappa shape index (κ3) is 3.57. The first-order chi connectivity index (χ1) is 14.9. The number of aromatic amines is 1. The molecule has 1 atom stereocenters. The van der Waals surface area contributed by atoms with Crippen LogP contribution in [0.1, 0.15) is 6.92 Å². The van der Waals surface area contributed by atoms with E-state index in [4.69, 9.17) is 14.8 Å². The lowest BCUT2D eigenvalue weighted by Gasteiger charge is -2.34. The van der Waals surface area contributed by atoms with Crippen molar-refractivity contribution >= 4 is 26.7 Å². The molecule has 9 nitrogen and oxygen atoms in total. The Labute approximate surface area is 179 Å². The van der Waals surface area contributed by atoms with Crippen LogP contribution in [0.3, 0.4) is 0 Å². The summed E-state index contributed by atoms with van der Waals surface area (Å²) in [6.07, 6.45) is 2.86. The number of rotatable bonds is 4. The normalized spacial score (nSPS) is 17.4. The van der Waals surface area contributed by atoms with Crippen molar-refractivity contribution in [1.29, 1.82) is 0 Å². The lowest BCUT2D eigenvalue weighted by molar-refractivity contribution is 0.0986. The van der Waals surface area contributed by atoms with Gasteiger partial charge in [0.15, 0.2) is 9.84 Å². The van der Waals surface area contributed by atoms with Gasteiger partial charge in [-0.15, -0.1) is 0 Å². The largest absolute Gasteiger partial charge is 0.377 e. The van der Waals surface area contributed by atoms with Crippen molar-refractivity contribution in [3.8, 4) is 17.1 Å². The van der Waals surface area contributed by atoms with E-state index >= 15 is 0 Å². The lowest BCUT2D eigenvalue weighted by Crippen LogP contribution is -2.44. The number of fused-ring (bicyclic) bond motifs is 1. The average Bonchev–Trinajstić information content (AvgIpc) is 3.41. The Kier molecular flexibility index (Phi) is 4.75. The minimum Gasteiger partial charge on any atom is -0.377 e. The second-order valence-electron chi connectivity index (χ2n) is 7.65. The first-order valence-corrected chi connectivity index (χ1v) is 11.9. The van der Waals surface area contributed by atoms with E-state index in [9.17, 15) is 8.42 Å². The van der Waals surface area contributed by atoms with Crippen LogP contribution in [0.15, 0.2) is 53.6 Å².